The molecule has 0 fully saturated rings. The van der Waals surface area contributed by atoms with Gasteiger partial charge in [0.05, 0.1) is 11.1 Å². The fraction of sp³-hybridized carbons (Fsp3) is 0. The second-order valence-electron chi connectivity index (χ2n) is 3.22. The van der Waals surface area contributed by atoms with Crippen molar-refractivity contribution < 1.29 is 78.1 Å². The third kappa shape index (κ3) is 8.15. The van der Waals surface area contributed by atoms with Gasteiger partial charge in [0, 0.05) is 12.4 Å². The predicted octanol–water partition coefficient (Wildman–Crippen LogP) is -1.54. The van der Waals surface area contributed by atoms with Crippen molar-refractivity contribution in [3.8, 4) is 0 Å². The van der Waals surface area contributed by atoms with E-state index in [1.165, 1.54) is 18.2 Å². The number of aromatic carboxylic acids is 2. The Morgan fingerprint density at radius 3 is 1.60 bits per heavy atom. The molecule has 20 heavy (non-hydrogen) atoms. The zero-order valence-corrected chi connectivity index (χ0v) is 14.0. The van der Waals surface area contributed by atoms with E-state index in [0.717, 1.165) is 6.07 Å². The molecule has 1 aromatic heterocycles. The molecular formula is C13H14KNO5. The number of carboxylic acids is 2. The standard InChI is InChI=1S/C8H6O4.C5H5N.K.H2O.H/c9-7(10)5-2-1-3-6(4-5)8(11)12;1-2-4-6-5-3-1;;;/h1-4H,(H,9,10)(H,11,12);1-5H;;1H2;/q;;+1;;-1. The minimum Gasteiger partial charge on any atom is -1.00 e. The third-order valence-electron chi connectivity index (χ3n) is 1.92. The smallest absolute Gasteiger partial charge is 1.00 e. The molecule has 0 aliphatic carbocycles. The van der Waals surface area contributed by atoms with Crippen LogP contribution < -0.4 is 51.4 Å². The number of hydrogen-bond acceptors (Lipinski definition) is 3. The Bertz CT molecular complexity index is 483. The molecule has 0 amide bonds. The summed E-state index contributed by atoms with van der Waals surface area (Å²) in [4.78, 5) is 24.6. The van der Waals surface area contributed by atoms with Crippen LogP contribution in [0, 0.1) is 0 Å². The fourth-order valence-electron chi connectivity index (χ4n) is 1.10. The summed E-state index contributed by atoms with van der Waals surface area (Å²) in [5.41, 5.74) is -0.0372. The Kier molecular flexibility index (Phi) is 12.4. The molecule has 0 spiro atoms. The predicted molar refractivity (Wildman–Crippen MR) is 69.3 cm³/mol. The van der Waals surface area contributed by atoms with Crippen LogP contribution in [0.1, 0.15) is 22.1 Å². The summed E-state index contributed by atoms with van der Waals surface area (Å²) >= 11 is 0. The Hall–Kier alpha value is -1.09. The van der Waals surface area contributed by atoms with Crippen LogP contribution in [0.5, 0.6) is 0 Å². The van der Waals surface area contributed by atoms with Gasteiger partial charge in [0.2, 0.25) is 0 Å². The first-order valence-corrected chi connectivity index (χ1v) is 5.03. The van der Waals surface area contributed by atoms with Crippen molar-refractivity contribution in [2.45, 2.75) is 0 Å². The van der Waals surface area contributed by atoms with Gasteiger partial charge in [0.25, 0.3) is 0 Å². The van der Waals surface area contributed by atoms with Gasteiger partial charge in [-0.3, -0.25) is 4.98 Å². The van der Waals surface area contributed by atoms with Gasteiger partial charge in [-0.2, -0.15) is 0 Å². The molecule has 0 unspecified atom stereocenters. The van der Waals surface area contributed by atoms with Crippen molar-refractivity contribution in [3.63, 3.8) is 0 Å². The normalized spacial score (nSPS) is 8.00. The van der Waals surface area contributed by atoms with Crippen LogP contribution in [0.4, 0.5) is 0 Å². The summed E-state index contributed by atoms with van der Waals surface area (Å²) in [6.07, 6.45) is 3.50. The molecule has 2 aromatic rings. The van der Waals surface area contributed by atoms with E-state index < -0.39 is 11.9 Å². The van der Waals surface area contributed by atoms with Crippen molar-refractivity contribution in [2.24, 2.45) is 0 Å². The Balaban J connectivity index is -0.000000312. The summed E-state index contributed by atoms with van der Waals surface area (Å²) in [6, 6.07) is 10.9. The maximum absolute atomic E-state index is 10.4. The second-order valence-corrected chi connectivity index (χ2v) is 3.22. The van der Waals surface area contributed by atoms with Crippen molar-refractivity contribution in [1.82, 2.24) is 4.98 Å². The van der Waals surface area contributed by atoms with E-state index in [-0.39, 0.29) is 69.4 Å². The van der Waals surface area contributed by atoms with Crippen LogP contribution in [0.25, 0.3) is 0 Å². The fourth-order valence-corrected chi connectivity index (χ4v) is 1.10. The molecule has 0 aliphatic heterocycles. The molecule has 1 aromatic carbocycles. The van der Waals surface area contributed by atoms with Crippen molar-refractivity contribution in [3.05, 3.63) is 66.0 Å². The molecule has 0 saturated carbocycles. The van der Waals surface area contributed by atoms with Crippen LogP contribution in [0.15, 0.2) is 54.9 Å². The number of pyridine rings is 1. The monoisotopic (exact) mass is 303 g/mol. The van der Waals surface area contributed by atoms with E-state index in [4.69, 9.17) is 10.2 Å². The van der Waals surface area contributed by atoms with Crippen LogP contribution in [-0.4, -0.2) is 32.6 Å². The average Bonchev–Trinajstić information content (AvgIpc) is 2.41. The van der Waals surface area contributed by atoms with Crippen molar-refractivity contribution in [2.75, 3.05) is 0 Å². The Morgan fingerprint density at radius 1 is 0.900 bits per heavy atom. The van der Waals surface area contributed by atoms with Crippen LogP contribution in [0.2, 0.25) is 0 Å². The number of rotatable bonds is 2. The molecule has 1 heterocycles. The van der Waals surface area contributed by atoms with Gasteiger partial charge in [-0.15, -0.1) is 0 Å². The van der Waals surface area contributed by atoms with E-state index in [1.807, 2.05) is 18.2 Å². The maximum atomic E-state index is 10.4. The topological polar surface area (TPSA) is 119 Å². The largest absolute Gasteiger partial charge is 1.00 e. The number of hydrogen-bond donors (Lipinski definition) is 2. The number of aromatic nitrogens is 1. The maximum Gasteiger partial charge on any atom is 1.00 e. The molecule has 0 saturated heterocycles. The van der Waals surface area contributed by atoms with Gasteiger partial charge in [-0.25, -0.2) is 9.59 Å². The molecule has 0 bridgehead atoms. The van der Waals surface area contributed by atoms with Crippen LogP contribution in [0.3, 0.4) is 0 Å². The molecule has 2 rings (SSSR count). The van der Waals surface area contributed by atoms with E-state index in [2.05, 4.69) is 4.98 Å². The zero-order valence-electron chi connectivity index (χ0n) is 11.9. The SMILES string of the molecule is O.O=C(O)c1cccc(C(=O)O)c1.[H-].[K+].c1ccncc1. The zero-order chi connectivity index (χ0) is 13.4. The molecule has 6 nitrogen and oxygen atoms in total. The van der Waals surface area contributed by atoms with Crippen LogP contribution >= 0.6 is 0 Å². The van der Waals surface area contributed by atoms with Gasteiger partial charge in [-0.1, -0.05) is 12.1 Å². The van der Waals surface area contributed by atoms with Crippen molar-refractivity contribution >= 4 is 11.9 Å². The van der Waals surface area contributed by atoms with E-state index in [0.29, 0.717) is 0 Å². The van der Waals surface area contributed by atoms with E-state index >= 15 is 0 Å². The quantitative estimate of drug-likeness (QED) is 0.651. The minimum atomic E-state index is -1.13. The van der Waals surface area contributed by atoms with E-state index in [9.17, 15) is 9.59 Å². The van der Waals surface area contributed by atoms with Gasteiger partial charge in [-0.05, 0) is 30.3 Å². The van der Waals surface area contributed by atoms with Gasteiger partial charge in [0.1, 0.15) is 0 Å². The number of carboxylic acid groups (broad SMARTS) is 2. The summed E-state index contributed by atoms with van der Waals surface area (Å²) in [5, 5.41) is 17.0. The van der Waals surface area contributed by atoms with Gasteiger partial charge >= 0.3 is 63.3 Å². The van der Waals surface area contributed by atoms with Crippen LogP contribution in [-0.2, 0) is 0 Å². The van der Waals surface area contributed by atoms with Gasteiger partial charge < -0.3 is 17.1 Å². The first-order valence-electron chi connectivity index (χ1n) is 5.03. The van der Waals surface area contributed by atoms with Crippen molar-refractivity contribution in [1.29, 1.82) is 0 Å². The number of benzene rings is 1. The average molecular weight is 303 g/mol. The second kappa shape index (κ2) is 11.7. The summed E-state index contributed by atoms with van der Waals surface area (Å²) < 4.78 is 0. The number of carbonyl (C=O) groups is 2. The molecular weight excluding hydrogens is 289 g/mol. The summed E-state index contributed by atoms with van der Waals surface area (Å²) in [5.74, 6) is -2.25. The molecule has 102 valence electrons. The Morgan fingerprint density at radius 2 is 1.35 bits per heavy atom. The summed E-state index contributed by atoms with van der Waals surface area (Å²) in [7, 11) is 0. The molecule has 0 aliphatic rings. The minimum absolute atomic E-state index is 0. The molecule has 4 N–H and O–H groups in total. The Labute approximate surface area is 159 Å². The molecule has 0 radical (unpaired) electrons. The number of nitrogens with zero attached hydrogens (tertiary/aromatic N) is 1. The third-order valence-corrected chi connectivity index (χ3v) is 1.92. The molecule has 0 atom stereocenters. The summed E-state index contributed by atoms with van der Waals surface area (Å²) in [6.45, 7) is 0. The molecule has 7 heteroatoms. The first-order chi connectivity index (χ1) is 8.61. The first kappa shape index (κ1) is 21.2. The van der Waals surface area contributed by atoms with Gasteiger partial charge in [0.15, 0.2) is 0 Å². The van der Waals surface area contributed by atoms with E-state index in [1.54, 1.807) is 12.4 Å².